The number of esters is 3. The van der Waals surface area contributed by atoms with Crippen LogP contribution < -0.4 is 0 Å². The Kier molecular flexibility index (Phi) is 54.0. The molecule has 398 valence electrons. The molecule has 0 aliphatic heterocycles. The van der Waals surface area contributed by atoms with Crippen molar-refractivity contribution in [2.24, 2.45) is 0 Å². The van der Waals surface area contributed by atoms with Crippen molar-refractivity contribution in [3.05, 3.63) is 146 Å². The van der Waals surface area contributed by atoms with Gasteiger partial charge in [0.25, 0.3) is 0 Å². The summed E-state index contributed by atoms with van der Waals surface area (Å²) in [6.07, 6.45) is 82.8. The lowest BCUT2D eigenvalue weighted by Crippen LogP contribution is -2.30. The lowest BCUT2D eigenvalue weighted by atomic mass is 10.1. The number of ether oxygens (including phenoxy) is 3. The molecule has 0 spiro atoms. The number of carbonyl (C=O) groups is 3. The Labute approximate surface area is 436 Å². The third-order valence-corrected chi connectivity index (χ3v) is 11.3. The molecule has 0 aromatic carbocycles. The van der Waals surface area contributed by atoms with E-state index in [4.69, 9.17) is 14.2 Å². The van der Waals surface area contributed by atoms with Crippen LogP contribution in [0.1, 0.15) is 226 Å². The second kappa shape index (κ2) is 57.9. The summed E-state index contributed by atoms with van der Waals surface area (Å²) in [4.78, 5) is 38.1. The van der Waals surface area contributed by atoms with Gasteiger partial charge in [-0.1, -0.05) is 224 Å². The number of rotatable bonds is 49. The highest BCUT2D eigenvalue weighted by Crippen LogP contribution is 2.12. The standard InChI is InChI=1S/C65H102O6/c1-4-7-10-13-16-19-22-25-28-31-32-35-38-41-44-47-50-53-56-59-65(68)71-62(60-69-63(66)57-54-51-48-45-42-39-36-33-29-26-23-20-17-14-11-8-5-2)61-70-64(67)58-55-52-49-46-43-40-37-34-30-27-24-21-18-15-12-9-6-3/h7,10,16-21,25-30,32,35-36,39,41,44-45,48,50,53,62H,4-6,8-9,11-15,22-24,31,33-34,37-38,40,42-43,46-47,49,51-52,54-61H2,1-3H3/b10-7-,19-16-,20-17-,21-18-,28-25-,29-26-,30-27-,35-32-,39-36-,44-41-,48-45-,53-50-/t62-/m1/s1. The fourth-order valence-electron chi connectivity index (χ4n) is 7.08. The van der Waals surface area contributed by atoms with Crippen molar-refractivity contribution in [2.45, 2.75) is 232 Å². The van der Waals surface area contributed by atoms with E-state index in [1.807, 2.05) is 12.2 Å². The average Bonchev–Trinajstić information content (AvgIpc) is 3.37. The van der Waals surface area contributed by atoms with E-state index in [9.17, 15) is 14.4 Å². The van der Waals surface area contributed by atoms with Crippen LogP contribution in [0.15, 0.2) is 146 Å². The molecule has 0 rings (SSSR count). The summed E-state index contributed by atoms with van der Waals surface area (Å²) in [5.74, 6) is -1.09. The number of allylic oxidation sites excluding steroid dienone is 24. The number of unbranched alkanes of at least 4 members (excludes halogenated alkanes) is 14. The first-order chi connectivity index (χ1) is 35.0. The van der Waals surface area contributed by atoms with Crippen molar-refractivity contribution < 1.29 is 28.6 Å². The van der Waals surface area contributed by atoms with Crippen molar-refractivity contribution in [2.75, 3.05) is 13.2 Å². The molecule has 0 amide bonds. The molecule has 6 heteroatoms. The van der Waals surface area contributed by atoms with E-state index in [-0.39, 0.29) is 38.0 Å². The summed E-state index contributed by atoms with van der Waals surface area (Å²) in [5, 5.41) is 0. The molecular formula is C65H102O6. The Morgan fingerprint density at radius 2 is 0.592 bits per heavy atom. The van der Waals surface area contributed by atoms with Gasteiger partial charge in [0, 0.05) is 19.3 Å². The van der Waals surface area contributed by atoms with E-state index in [1.165, 1.54) is 77.0 Å². The van der Waals surface area contributed by atoms with Crippen LogP contribution in [0.25, 0.3) is 0 Å². The fourth-order valence-corrected chi connectivity index (χ4v) is 7.08. The van der Waals surface area contributed by atoms with Crippen LogP contribution in [0.2, 0.25) is 0 Å². The molecule has 0 N–H and O–H groups in total. The molecule has 0 saturated heterocycles. The largest absolute Gasteiger partial charge is 0.462 e. The Balaban J connectivity index is 4.63. The van der Waals surface area contributed by atoms with Gasteiger partial charge in [0.05, 0.1) is 0 Å². The molecule has 0 fully saturated rings. The molecule has 0 aromatic rings. The quantitative estimate of drug-likeness (QED) is 0.0262. The van der Waals surface area contributed by atoms with Gasteiger partial charge in [-0.3, -0.25) is 14.4 Å². The Morgan fingerprint density at radius 3 is 0.972 bits per heavy atom. The van der Waals surface area contributed by atoms with E-state index < -0.39 is 12.1 Å². The zero-order valence-electron chi connectivity index (χ0n) is 45.4. The highest BCUT2D eigenvalue weighted by atomic mass is 16.6. The maximum Gasteiger partial charge on any atom is 0.306 e. The minimum Gasteiger partial charge on any atom is -0.462 e. The highest BCUT2D eigenvalue weighted by molar-refractivity contribution is 5.71. The molecule has 0 saturated carbocycles. The lowest BCUT2D eigenvalue weighted by Gasteiger charge is -2.18. The summed E-state index contributed by atoms with van der Waals surface area (Å²) in [6, 6.07) is 0. The summed E-state index contributed by atoms with van der Waals surface area (Å²) in [7, 11) is 0. The van der Waals surface area contributed by atoms with Crippen molar-refractivity contribution in [3.8, 4) is 0 Å². The van der Waals surface area contributed by atoms with Crippen LogP contribution in [-0.4, -0.2) is 37.2 Å². The van der Waals surface area contributed by atoms with E-state index >= 15 is 0 Å². The first kappa shape index (κ1) is 66.3. The van der Waals surface area contributed by atoms with Crippen LogP contribution in [0.4, 0.5) is 0 Å². The molecule has 0 radical (unpaired) electrons. The zero-order chi connectivity index (χ0) is 51.4. The second-order valence-corrected chi connectivity index (χ2v) is 18.1. The molecule has 0 heterocycles. The van der Waals surface area contributed by atoms with Crippen molar-refractivity contribution in [1.82, 2.24) is 0 Å². The van der Waals surface area contributed by atoms with E-state index in [2.05, 4.69) is 154 Å². The smallest absolute Gasteiger partial charge is 0.306 e. The van der Waals surface area contributed by atoms with Gasteiger partial charge in [-0.25, -0.2) is 0 Å². The van der Waals surface area contributed by atoms with Gasteiger partial charge in [0.2, 0.25) is 0 Å². The van der Waals surface area contributed by atoms with Gasteiger partial charge in [0.1, 0.15) is 13.2 Å². The predicted molar refractivity (Wildman–Crippen MR) is 306 cm³/mol. The van der Waals surface area contributed by atoms with Crippen LogP contribution in [0, 0.1) is 0 Å². The molecule has 6 nitrogen and oxygen atoms in total. The third kappa shape index (κ3) is 56.1. The maximum atomic E-state index is 12.8. The average molecular weight is 980 g/mol. The Morgan fingerprint density at radius 1 is 0.296 bits per heavy atom. The molecule has 0 aliphatic rings. The predicted octanol–water partition coefficient (Wildman–Crippen LogP) is 19.2. The van der Waals surface area contributed by atoms with Gasteiger partial charge in [-0.05, 0) is 128 Å². The van der Waals surface area contributed by atoms with Crippen LogP contribution in [0.5, 0.6) is 0 Å². The first-order valence-electron chi connectivity index (χ1n) is 28.3. The molecule has 0 aromatic heterocycles. The van der Waals surface area contributed by atoms with Gasteiger partial charge in [-0.15, -0.1) is 0 Å². The number of hydrogen-bond acceptors (Lipinski definition) is 6. The molecule has 0 unspecified atom stereocenters. The van der Waals surface area contributed by atoms with E-state index in [1.54, 1.807) is 0 Å². The second-order valence-electron chi connectivity index (χ2n) is 18.1. The number of carbonyl (C=O) groups excluding carboxylic acids is 3. The summed E-state index contributed by atoms with van der Waals surface area (Å²) in [6.45, 7) is 6.34. The zero-order valence-corrected chi connectivity index (χ0v) is 45.4. The normalized spacial score (nSPS) is 13.2. The number of hydrogen-bond donors (Lipinski definition) is 0. The third-order valence-electron chi connectivity index (χ3n) is 11.3. The topological polar surface area (TPSA) is 78.9 Å². The Bertz CT molecular complexity index is 1590. The van der Waals surface area contributed by atoms with Gasteiger partial charge in [-0.2, -0.15) is 0 Å². The van der Waals surface area contributed by atoms with Gasteiger partial charge >= 0.3 is 17.9 Å². The SMILES string of the molecule is CC/C=C\C/C=C\C/C=C\C/C=C\C/C=C\C/C=C\CCC(=O)O[C@H](COC(=O)CCC/C=C\C/C=C\C/C=C\C/C=C\CCCCC)COC(=O)CCCCCCCCC/C=C\C/C=C\CCCCC. The Hall–Kier alpha value is -4.71. The summed E-state index contributed by atoms with van der Waals surface area (Å²) >= 11 is 0. The van der Waals surface area contributed by atoms with Crippen molar-refractivity contribution in [1.29, 1.82) is 0 Å². The van der Waals surface area contributed by atoms with Crippen LogP contribution in [0.3, 0.4) is 0 Å². The fraction of sp³-hybridized carbons (Fsp3) is 0.585. The van der Waals surface area contributed by atoms with Gasteiger partial charge < -0.3 is 14.2 Å². The molecule has 71 heavy (non-hydrogen) atoms. The summed E-state index contributed by atoms with van der Waals surface area (Å²) in [5.41, 5.74) is 0. The van der Waals surface area contributed by atoms with E-state index in [0.717, 1.165) is 96.3 Å². The van der Waals surface area contributed by atoms with Crippen LogP contribution >= 0.6 is 0 Å². The monoisotopic (exact) mass is 979 g/mol. The maximum absolute atomic E-state index is 12.8. The first-order valence-corrected chi connectivity index (χ1v) is 28.3. The van der Waals surface area contributed by atoms with Crippen LogP contribution in [-0.2, 0) is 28.6 Å². The minimum absolute atomic E-state index is 0.135. The van der Waals surface area contributed by atoms with Gasteiger partial charge in [0.15, 0.2) is 6.10 Å². The molecule has 0 aliphatic carbocycles. The summed E-state index contributed by atoms with van der Waals surface area (Å²) < 4.78 is 16.7. The van der Waals surface area contributed by atoms with Crippen molar-refractivity contribution in [3.63, 3.8) is 0 Å². The highest BCUT2D eigenvalue weighted by Gasteiger charge is 2.19. The van der Waals surface area contributed by atoms with E-state index in [0.29, 0.717) is 19.3 Å². The minimum atomic E-state index is -0.851. The lowest BCUT2D eigenvalue weighted by molar-refractivity contribution is -0.166. The molecule has 1 atom stereocenters. The molecular weight excluding hydrogens is 877 g/mol. The molecule has 0 bridgehead atoms. The van der Waals surface area contributed by atoms with Crippen molar-refractivity contribution >= 4 is 17.9 Å².